The van der Waals surface area contributed by atoms with Gasteiger partial charge in [-0.25, -0.2) is 9.78 Å². The minimum Gasteiger partial charge on any atom is -0.493 e. The average Bonchev–Trinajstić information content (AvgIpc) is 3.11. The maximum Gasteiger partial charge on any atom is 0.333 e. The Bertz CT molecular complexity index is 1000. The van der Waals surface area contributed by atoms with Crippen LogP contribution in [0.15, 0.2) is 46.9 Å². The van der Waals surface area contributed by atoms with E-state index in [-0.39, 0.29) is 0 Å². The lowest BCUT2D eigenvalue weighted by Gasteiger charge is -2.17. The van der Waals surface area contributed by atoms with Crippen LogP contribution in [0.3, 0.4) is 0 Å². The second-order valence-electron chi connectivity index (χ2n) is 7.51. The number of hydrogen-bond donors (Lipinski definition) is 1. The Labute approximate surface area is 182 Å². The highest BCUT2D eigenvalue weighted by molar-refractivity contribution is 5.73. The molecule has 6 heteroatoms. The lowest BCUT2D eigenvalue weighted by Crippen LogP contribution is -2.27. The van der Waals surface area contributed by atoms with Gasteiger partial charge < -0.3 is 19.0 Å². The van der Waals surface area contributed by atoms with E-state index in [1.54, 1.807) is 6.92 Å². The van der Waals surface area contributed by atoms with E-state index in [2.05, 4.69) is 4.98 Å². The summed E-state index contributed by atoms with van der Waals surface area (Å²) in [5.74, 6) is 1.22. The first-order valence-corrected chi connectivity index (χ1v) is 10.5. The van der Waals surface area contributed by atoms with Crippen molar-refractivity contribution in [3.05, 3.63) is 70.6 Å². The number of rotatable bonds is 10. The second-order valence-corrected chi connectivity index (χ2v) is 7.51. The van der Waals surface area contributed by atoms with Crippen LogP contribution >= 0.6 is 0 Å². The van der Waals surface area contributed by atoms with E-state index in [1.807, 2.05) is 63.2 Å². The third-order valence-electron chi connectivity index (χ3n) is 5.22. The van der Waals surface area contributed by atoms with Crippen molar-refractivity contribution in [1.82, 2.24) is 4.98 Å². The maximum atomic E-state index is 11.4. The molecule has 1 heterocycles. The van der Waals surface area contributed by atoms with Crippen LogP contribution in [0.4, 0.5) is 0 Å². The van der Waals surface area contributed by atoms with Crippen molar-refractivity contribution in [3.8, 4) is 17.2 Å². The number of oxazole rings is 1. The van der Waals surface area contributed by atoms with Crippen LogP contribution in [0.1, 0.15) is 35.1 Å². The monoisotopic (exact) mass is 423 g/mol. The van der Waals surface area contributed by atoms with E-state index in [1.165, 1.54) is 0 Å². The van der Waals surface area contributed by atoms with E-state index in [0.717, 1.165) is 39.5 Å². The number of aromatic nitrogens is 1. The van der Waals surface area contributed by atoms with Gasteiger partial charge in [0.2, 0.25) is 5.89 Å². The summed E-state index contributed by atoms with van der Waals surface area (Å²) in [6, 6.07) is 13.7. The number of carboxylic acid groups (broad SMARTS) is 1. The molecule has 0 bridgehead atoms. The van der Waals surface area contributed by atoms with Crippen LogP contribution in [0.25, 0.3) is 11.5 Å². The van der Waals surface area contributed by atoms with Crippen LogP contribution in [0.5, 0.6) is 5.75 Å². The van der Waals surface area contributed by atoms with Crippen LogP contribution in [0.2, 0.25) is 0 Å². The van der Waals surface area contributed by atoms with Gasteiger partial charge in [0.05, 0.1) is 12.3 Å². The van der Waals surface area contributed by atoms with E-state index >= 15 is 0 Å². The summed E-state index contributed by atoms with van der Waals surface area (Å²) in [5.41, 5.74) is 4.79. The minimum atomic E-state index is -0.946. The van der Waals surface area contributed by atoms with Crippen molar-refractivity contribution in [1.29, 1.82) is 0 Å². The number of aryl methyl sites for hydroxylation is 3. The Morgan fingerprint density at radius 2 is 1.81 bits per heavy atom. The molecule has 0 spiro atoms. The van der Waals surface area contributed by atoms with E-state index in [4.69, 9.17) is 13.9 Å². The molecule has 0 radical (unpaired) electrons. The number of nitrogens with zero attached hydrogens (tertiary/aromatic N) is 1. The highest BCUT2D eigenvalue weighted by Crippen LogP contribution is 2.25. The maximum absolute atomic E-state index is 11.4. The molecule has 1 aromatic heterocycles. The molecule has 6 nitrogen and oxygen atoms in total. The molecule has 164 valence electrons. The molecule has 0 aliphatic heterocycles. The predicted octanol–water partition coefficient (Wildman–Crippen LogP) is 4.92. The number of carboxylic acids is 1. The van der Waals surface area contributed by atoms with Crippen molar-refractivity contribution < 1.29 is 23.8 Å². The first-order valence-electron chi connectivity index (χ1n) is 10.5. The van der Waals surface area contributed by atoms with Crippen molar-refractivity contribution in [2.24, 2.45) is 0 Å². The van der Waals surface area contributed by atoms with Gasteiger partial charge in [-0.15, -0.1) is 0 Å². The number of benzene rings is 2. The van der Waals surface area contributed by atoms with Crippen molar-refractivity contribution in [2.75, 3.05) is 13.2 Å². The highest BCUT2D eigenvalue weighted by Gasteiger charge is 2.20. The lowest BCUT2D eigenvalue weighted by atomic mass is 9.97. The van der Waals surface area contributed by atoms with Crippen molar-refractivity contribution in [3.63, 3.8) is 0 Å². The molecule has 2 aromatic carbocycles. The summed E-state index contributed by atoms with van der Waals surface area (Å²) in [6.07, 6.45) is 0.123. The zero-order valence-corrected chi connectivity index (χ0v) is 18.5. The first kappa shape index (κ1) is 22.6. The molecular weight excluding hydrogens is 394 g/mol. The van der Waals surface area contributed by atoms with Gasteiger partial charge in [0, 0.05) is 25.0 Å². The van der Waals surface area contributed by atoms with Gasteiger partial charge >= 0.3 is 5.97 Å². The third kappa shape index (κ3) is 5.73. The second kappa shape index (κ2) is 10.3. The van der Waals surface area contributed by atoms with Crippen LogP contribution in [0, 0.1) is 20.8 Å². The Morgan fingerprint density at radius 3 is 2.42 bits per heavy atom. The number of carbonyl (C=O) groups is 1. The topological polar surface area (TPSA) is 81.8 Å². The summed E-state index contributed by atoms with van der Waals surface area (Å²) < 4.78 is 17.1. The summed E-state index contributed by atoms with van der Waals surface area (Å²) >= 11 is 0. The molecule has 0 aliphatic carbocycles. The van der Waals surface area contributed by atoms with E-state index in [9.17, 15) is 9.90 Å². The van der Waals surface area contributed by atoms with Gasteiger partial charge in [-0.2, -0.15) is 0 Å². The molecule has 3 aromatic rings. The van der Waals surface area contributed by atoms with Crippen LogP contribution in [-0.4, -0.2) is 35.4 Å². The molecule has 1 atom stereocenters. The average molecular weight is 424 g/mol. The molecule has 0 saturated carbocycles. The van der Waals surface area contributed by atoms with Gasteiger partial charge in [0.15, 0.2) is 6.10 Å². The summed E-state index contributed by atoms with van der Waals surface area (Å²) in [5, 5.41) is 9.36. The Balaban J connectivity index is 1.64. The third-order valence-corrected chi connectivity index (χ3v) is 5.22. The predicted molar refractivity (Wildman–Crippen MR) is 119 cm³/mol. The van der Waals surface area contributed by atoms with Gasteiger partial charge in [0.25, 0.3) is 0 Å². The molecule has 0 aliphatic rings. The molecule has 0 fully saturated rings. The zero-order chi connectivity index (χ0) is 22.4. The molecular formula is C25H29NO5. The fraction of sp³-hybridized carbons (Fsp3) is 0.360. The smallest absolute Gasteiger partial charge is 0.333 e. The normalized spacial score (nSPS) is 12.0. The van der Waals surface area contributed by atoms with Crippen molar-refractivity contribution in [2.45, 2.75) is 46.6 Å². The minimum absolute atomic E-state index is 0.335. The highest BCUT2D eigenvalue weighted by atomic mass is 16.5. The van der Waals surface area contributed by atoms with Crippen molar-refractivity contribution >= 4 is 5.97 Å². The summed E-state index contributed by atoms with van der Waals surface area (Å²) in [6.45, 7) is 8.48. The summed E-state index contributed by atoms with van der Waals surface area (Å²) in [7, 11) is 0. The lowest BCUT2D eigenvalue weighted by molar-refractivity contribution is -0.149. The molecule has 1 unspecified atom stereocenters. The van der Waals surface area contributed by atoms with Crippen LogP contribution < -0.4 is 4.74 Å². The Morgan fingerprint density at radius 1 is 1.13 bits per heavy atom. The van der Waals surface area contributed by atoms with E-state index < -0.39 is 12.1 Å². The SMILES string of the molecule is CCOC(Cc1c(C)cc(OCCc2nc(-c3ccccc3)oc2C)cc1C)C(=O)O. The molecule has 0 saturated heterocycles. The first-order chi connectivity index (χ1) is 14.9. The quantitative estimate of drug-likeness (QED) is 0.498. The molecule has 1 N–H and O–H groups in total. The van der Waals surface area contributed by atoms with Gasteiger partial charge in [-0.3, -0.25) is 0 Å². The summed E-state index contributed by atoms with van der Waals surface area (Å²) in [4.78, 5) is 16.0. The zero-order valence-electron chi connectivity index (χ0n) is 18.5. The number of hydrogen-bond acceptors (Lipinski definition) is 5. The molecule has 3 rings (SSSR count). The number of ether oxygens (including phenoxy) is 2. The number of aliphatic carboxylic acids is 1. The largest absolute Gasteiger partial charge is 0.493 e. The Kier molecular flexibility index (Phi) is 7.47. The Hall–Kier alpha value is -3.12. The fourth-order valence-electron chi connectivity index (χ4n) is 3.59. The van der Waals surface area contributed by atoms with Crippen LogP contribution in [-0.2, 0) is 22.4 Å². The standard InChI is InChI=1S/C25H29NO5/c1-5-29-23(25(27)28)15-21-16(2)13-20(14-17(21)3)30-12-11-22-18(4)31-24(26-22)19-9-7-6-8-10-19/h6-10,13-14,23H,5,11-12,15H2,1-4H3,(H,27,28). The molecule has 0 amide bonds. The van der Waals surface area contributed by atoms with Gasteiger partial charge in [-0.05, 0) is 68.7 Å². The molecule has 31 heavy (non-hydrogen) atoms. The fourth-order valence-corrected chi connectivity index (χ4v) is 3.59. The van der Waals surface area contributed by atoms with E-state index in [0.29, 0.717) is 31.9 Å². The van der Waals surface area contributed by atoms with Gasteiger partial charge in [0.1, 0.15) is 11.5 Å². The van der Waals surface area contributed by atoms with Gasteiger partial charge in [-0.1, -0.05) is 18.2 Å².